The lowest BCUT2D eigenvalue weighted by Gasteiger charge is -2.03. The number of carbonyl (C=O) groups excluding carboxylic acids is 2. The number of hydrogen-bond acceptors (Lipinski definition) is 5. The zero-order valence-electron chi connectivity index (χ0n) is 11.1. The third kappa shape index (κ3) is 3.48. The summed E-state index contributed by atoms with van der Waals surface area (Å²) in [5, 5.41) is 3.57. The second-order valence-electron chi connectivity index (χ2n) is 4.25. The number of ether oxygens (including phenoxy) is 1. The monoisotopic (exact) mass is 292 g/mol. The summed E-state index contributed by atoms with van der Waals surface area (Å²) in [5.41, 5.74) is 6.35. The summed E-state index contributed by atoms with van der Waals surface area (Å²) in [6.07, 6.45) is 0.178. The third-order valence-corrected chi connectivity index (χ3v) is 3.77. The molecule has 0 fully saturated rings. The number of amides is 1. The van der Waals surface area contributed by atoms with Crippen molar-refractivity contribution in [2.45, 2.75) is 13.3 Å². The van der Waals surface area contributed by atoms with Crippen LogP contribution in [0.2, 0.25) is 0 Å². The molecule has 2 rings (SSSR count). The Morgan fingerprint density at radius 1 is 1.35 bits per heavy atom. The molecular weight excluding hydrogens is 276 g/mol. The summed E-state index contributed by atoms with van der Waals surface area (Å²) >= 11 is 1.35. The summed E-state index contributed by atoms with van der Waals surface area (Å²) in [7, 11) is 0. The van der Waals surface area contributed by atoms with Crippen LogP contribution < -0.4 is 11.1 Å². The van der Waals surface area contributed by atoms with Gasteiger partial charge in [-0.05, 0) is 36.6 Å². The molecule has 0 spiro atoms. The van der Waals surface area contributed by atoms with Crippen LogP contribution in [0.15, 0.2) is 24.3 Å². The first-order chi connectivity index (χ1) is 9.60. The predicted octanol–water partition coefficient (Wildman–Crippen LogP) is 2.17. The first kappa shape index (κ1) is 14.3. The fraction of sp³-hybridized carbons (Fsp3) is 0.286. The molecule has 1 heterocycles. The van der Waals surface area contributed by atoms with E-state index in [1.54, 1.807) is 12.1 Å². The molecule has 0 atom stereocenters. The molecule has 1 aromatic carbocycles. The van der Waals surface area contributed by atoms with Gasteiger partial charge < -0.3 is 15.8 Å². The van der Waals surface area contributed by atoms with E-state index < -0.39 is 5.97 Å². The molecule has 0 aliphatic rings. The first-order valence-electron chi connectivity index (χ1n) is 6.33. The Bertz CT molecular complexity index is 636. The average Bonchev–Trinajstić information content (AvgIpc) is 2.82. The van der Waals surface area contributed by atoms with Gasteiger partial charge in [0.15, 0.2) is 0 Å². The minimum Gasteiger partial charge on any atom is -0.461 e. The van der Waals surface area contributed by atoms with Gasteiger partial charge in [-0.25, -0.2) is 4.79 Å². The van der Waals surface area contributed by atoms with Gasteiger partial charge in [-0.2, -0.15) is 0 Å². The number of esters is 1. The van der Waals surface area contributed by atoms with Crippen LogP contribution in [0, 0.1) is 0 Å². The highest BCUT2D eigenvalue weighted by atomic mass is 32.1. The molecule has 0 aliphatic heterocycles. The predicted molar refractivity (Wildman–Crippen MR) is 79.8 cm³/mol. The smallest absolute Gasteiger partial charge is 0.348 e. The maximum atomic E-state index is 11.9. The van der Waals surface area contributed by atoms with Gasteiger partial charge in [-0.3, -0.25) is 4.79 Å². The van der Waals surface area contributed by atoms with Gasteiger partial charge in [0, 0.05) is 16.9 Å². The van der Waals surface area contributed by atoms with Crippen LogP contribution >= 0.6 is 11.3 Å². The van der Waals surface area contributed by atoms with Crippen LogP contribution in [0.1, 0.15) is 23.0 Å². The van der Waals surface area contributed by atoms with E-state index in [2.05, 4.69) is 5.32 Å². The standard InChI is InChI=1S/C14H16N2O3S/c1-2-16-13(17)5-6-19-14(18)12-8-9-7-10(15)3-4-11(9)20-12/h3-4,7-8H,2,5-6,15H2,1H3,(H,16,17). The van der Waals surface area contributed by atoms with Crippen molar-refractivity contribution < 1.29 is 14.3 Å². The van der Waals surface area contributed by atoms with E-state index in [1.807, 2.05) is 19.1 Å². The summed E-state index contributed by atoms with van der Waals surface area (Å²) < 4.78 is 6.07. The van der Waals surface area contributed by atoms with E-state index in [9.17, 15) is 9.59 Å². The van der Waals surface area contributed by atoms with Crippen LogP contribution in [0.25, 0.3) is 10.1 Å². The van der Waals surface area contributed by atoms with Crippen molar-refractivity contribution in [3.05, 3.63) is 29.1 Å². The Balaban J connectivity index is 1.95. The summed E-state index contributed by atoms with van der Waals surface area (Å²) in [6, 6.07) is 7.24. The van der Waals surface area contributed by atoms with Crippen molar-refractivity contribution in [1.29, 1.82) is 0 Å². The SMILES string of the molecule is CCNC(=O)CCOC(=O)c1cc2cc(N)ccc2s1. The minimum absolute atomic E-state index is 0.0844. The second-order valence-corrected chi connectivity index (χ2v) is 5.33. The molecular formula is C14H16N2O3S. The zero-order chi connectivity index (χ0) is 14.5. The van der Waals surface area contributed by atoms with E-state index in [0.717, 1.165) is 10.1 Å². The van der Waals surface area contributed by atoms with Crippen molar-refractivity contribution in [3.63, 3.8) is 0 Å². The number of fused-ring (bicyclic) bond motifs is 1. The Labute approximate surface area is 120 Å². The Kier molecular flexibility index (Phi) is 4.57. The van der Waals surface area contributed by atoms with Gasteiger partial charge in [-0.15, -0.1) is 11.3 Å². The van der Waals surface area contributed by atoms with Crippen LogP contribution in [0.3, 0.4) is 0 Å². The number of carbonyl (C=O) groups is 2. The number of rotatable bonds is 5. The van der Waals surface area contributed by atoms with Crippen molar-refractivity contribution in [1.82, 2.24) is 5.32 Å². The lowest BCUT2D eigenvalue weighted by Crippen LogP contribution is -2.24. The highest BCUT2D eigenvalue weighted by Crippen LogP contribution is 2.27. The fourth-order valence-electron chi connectivity index (χ4n) is 1.76. The lowest BCUT2D eigenvalue weighted by molar-refractivity contribution is -0.121. The second kappa shape index (κ2) is 6.38. The fourth-order valence-corrected chi connectivity index (χ4v) is 2.69. The molecule has 106 valence electrons. The molecule has 1 amide bonds. The van der Waals surface area contributed by atoms with Gasteiger partial charge in [-0.1, -0.05) is 0 Å². The molecule has 0 saturated heterocycles. The van der Waals surface area contributed by atoms with E-state index in [-0.39, 0.29) is 18.9 Å². The molecule has 0 bridgehead atoms. The van der Waals surface area contributed by atoms with Crippen molar-refractivity contribution in [3.8, 4) is 0 Å². The number of anilines is 1. The van der Waals surface area contributed by atoms with Crippen LogP contribution in [-0.2, 0) is 9.53 Å². The topological polar surface area (TPSA) is 81.4 Å². The minimum atomic E-state index is -0.408. The highest BCUT2D eigenvalue weighted by Gasteiger charge is 2.12. The normalized spacial score (nSPS) is 10.4. The number of thiophene rings is 1. The Hall–Kier alpha value is -2.08. The van der Waals surface area contributed by atoms with Crippen molar-refractivity contribution >= 4 is 39.0 Å². The third-order valence-electron chi connectivity index (χ3n) is 2.68. The molecule has 5 nitrogen and oxygen atoms in total. The molecule has 0 saturated carbocycles. The molecule has 0 unspecified atom stereocenters. The van der Waals surface area contributed by atoms with Gasteiger partial charge in [0.1, 0.15) is 11.5 Å². The largest absolute Gasteiger partial charge is 0.461 e. The lowest BCUT2D eigenvalue weighted by atomic mass is 10.2. The molecule has 0 aliphatic carbocycles. The van der Waals surface area contributed by atoms with E-state index in [1.165, 1.54) is 11.3 Å². The quantitative estimate of drug-likeness (QED) is 0.653. The van der Waals surface area contributed by atoms with Gasteiger partial charge in [0.2, 0.25) is 5.91 Å². The maximum absolute atomic E-state index is 11.9. The first-order valence-corrected chi connectivity index (χ1v) is 7.14. The number of hydrogen-bond donors (Lipinski definition) is 2. The summed E-state index contributed by atoms with van der Waals surface area (Å²) in [6.45, 7) is 2.50. The van der Waals surface area contributed by atoms with E-state index >= 15 is 0 Å². The maximum Gasteiger partial charge on any atom is 0.348 e. The van der Waals surface area contributed by atoms with Gasteiger partial charge >= 0.3 is 5.97 Å². The highest BCUT2D eigenvalue weighted by molar-refractivity contribution is 7.20. The summed E-state index contributed by atoms with van der Waals surface area (Å²) in [4.78, 5) is 23.6. The van der Waals surface area contributed by atoms with Crippen molar-refractivity contribution in [2.24, 2.45) is 0 Å². The molecule has 6 heteroatoms. The zero-order valence-corrected chi connectivity index (χ0v) is 12.0. The Morgan fingerprint density at radius 2 is 2.15 bits per heavy atom. The average molecular weight is 292 g/mol. The van der Waals surface area contributed by atoms with Gasteiger partial charge in [0.25, 0.3) is 0 Å². The molecule has 3 N–H and O–H groups in total. The number of nitrogens with one attached hydrogen (secondary N) is 1. The van der Waals surface area contributed by atoms with Crippen molar-refractivity contribution in [2.75, 3.05) is 18.9 Å². The van der Waals surface area contributed by atoms with Gasteiger partial charge in [0.05, 0.1) is 6.42 Å². The molecule has 0 radical (unpaired) electrons. The number of nitrogen functional groups attached to an aromatic ring is 1. The molecule has 20 heavy (non-hydrogen) atoms. The molecule has 2 aromatic rings. The van der Waals surface area contributed by atoms with Crippen LogP contribution in [-0.4, -0.2) is 25.0 Å². The van der Waals surface area contributed by atoms with Crippen LogP contribution in [0.5, 0.6) is 0 Å². The number of nitrogens with two attached hydrogens (primary N) is 1. The van der Waals surface area contributed by atoms with E-state index in [4.69, 9.17) is 10.5 Å². The molecule has 1 aromatic heterocycles. The summed E-state index contributed by atoms with van der Waals surface area (Å²) in [5.74, 6) is -0.529. The van der Waals surface area contributed by atoms with E-state index in [0.29, 0.717) is 17.1 Å². The number of benzene rings is 1. The van der Waals surface area contributed by atoms with Crippen LogP contribution in [0.4, 0.5) is 5.69 Å². The Morgan fingerprint density at radius 3 is 2.90 bits per heavy atom.